The van der Waals surface area contributed by atoms with Crippen LogP contribution in [0.25, 0.3) is 0 Å². The van der Waals surface area contributed by atoms with Crippen molar-refractivity contribution in [3.63, 3.8) is 0 Å². The molecule has 0 bridgehead atoms. The molecule has 0 aliphatic heterocycles. The van der Waals surface area contributed by atoms with Gasteiger partial charge in [0.1, 0.15) is 5.75 Å². The fourth-order valence-corrected chi connectivity index (χ4v) is 2.88. The van der Waals surface area contributed by atoms with Crippen LogP contribution in [0.2, 0.25) is 0 Å². The van der Waals surface area contributed by atoms with Crippen molar-refractivity contribution in [2.75, 3.05) is 7.11 Å². The Hall–Kier alpha value is -1.62. The summed E-state index contributed by atoms with van der Waals surface area (Å²) in [5, 5.41) is 14.4. The molecule has 5 nitrogen and oxygen atoms in total. The lowest BCUT2D eigenvalue weighted by Gasteiger charge is -2.29. The van der Waals surface area contributed by atoms with Gasteiger partial charge in [0, 0.05) is 30.3 Å². The zero-order valence-electron chi connectivity index (χ0n) is 12.1. The van der Waals surface area contributed by atoms with Crippen LogP contribution in [0.3, 0.4) is 0 Å². The summed E-state index contributed by atoms with van der Waals surface area (Å²) < 4.78 is 5.28. The number of nitro benzene ring substituents is 1. The third-order valence-electron chi connectivity index (χ3n) is 4.14. The van der Waals surface area contributed by atoms with Crippen molar-refractivity contribution in [1.82, 2.24) is 5.32 Å². The Labute approximate surface area is 119 Å². The number of hydrogen-bond acceptors (Lipinski definition) is 4. The predicted octanol–water partition coefficient (Wildman–Crippen LogP) is 3.27. The molecule has 0 heterocycles. The molecule has 5 heteroatoms. The Kier molecular flexibility index (Phi) is 4.95. The molecule has 0 unspecified atom stereocenters. The van der Waals surface area contributed by atoms with Gasteiger partial charge < -0.3 is 10.1 Å². The van der Waals surface area contributed by atoms with E-state index < -0.39 is 0 Å². The summed E-state index contributed by atoms with van der Waals surface area (Å²) in [6.07, 6.45) is 5.00. The molecule has 1 saturated carbocycles. The van der Waals surface area contributed by atoms with Gasteiger partial charge in [-0.25, -0.2) is 0 Å². The number of ether oxygens (including phenoxy) is 1. The molecule has 0 spiro atoms. The zero-order valence-corrected chi connectivity index (χ0v) is 12.1. The number of non-ortho nitro benzene ring substituents is 1. The van der Waals surface area contributed by atoms with Crippen LogP contribution >= 0.6 is 0 Å². The summed E-state index contributed by atoms with van der Waals surface area (Å²) in [4.78, 5) is 10.5. The van der Waals surface area contributed by atoms with E-state index in [0.29, 0.717) is 24.3 Å². The maximum atomic E-state index is 10.9. The first-order chi connectivity index (χ1) is 9.61. The maximum Gasteiger partial charge on any atom is 0.270 e. The van der Waals surface area contributed by atoms with Crippen molar-refractivity contribution in [1.29, 1.82) is 0 Å². The lowest BCUT2D eigenvalue weighted by atomic mass is 9.86. The van der Waals surface area contributed by atoms with Gasteiger partial charge in [0.15, 0.2) is 0 Å². The summed E-state index contributed by atoms with van der Waals surface area (Å²) in [6, 6.07) is 5.23. The van der Waals surface area contributed by atoms with Gasteiger partial charge in [-0.05, 0) is 24.8 Å². The topological polar surface area (TPSA) is 64.4 Å². The number of hydrogen-bond donors (Lipinski definition) is 1. The number of rotatable bonds is 5. The number of nitrogens with one attached hydrogen (secondary N) is 1. The number of methoxy groups -OCH3 is 1. The lowest BCUT2D eigenvalue weighted by Crippen LogP contribution is -2.36. The van der Waals surface area contributed by atoms with Crippen LogP contribution in [0.15, 0.2) is 18.2 Å². The normalized spacial score (nSPS) is 22.5. The minimum Gasteiger partial charge on any atom is -0.496 e. The molecular weight excluding hydrogens is 256 g/mol. The van der Waals surface area contributed by atoms with Crippen LogP contribution < -0.4 is 10.1 Å². The maximum absolute atomic E-state index is 10.9. The summed E-state index contributed by atoms with van der Waals surface area (Å²) in [6.45, 7) is 2.88. The molecule has 1 aliphatic carbocycles. The SMILES string of the molecule is COc1ccc([N+](=O)[O-])cc1CN[C@H]1CCCC[C@@H]1C. The van der Waals surface area contributed by atoms with Crippen LogP contribution in [0.1, 0.15) is 38.2 Å². The molecule has 0 radical (unpaired) electrons. The predicted molar refractivity (Wildman–Crippen MR) is 77.9 cm³/mol. The summed E-state index contributed by atoms with van der Waals surface area (Å²) in [5.41, 5.74) is 0.957. The van der Waals surface area contributed by atoms with Gasteiger partial charge in [-0.15, -0.1) is 0 Å². The molecule has 2 rings (SSSR count). The first-order valence-electron chi connectivity index (χ1n) is 7.16. The van der Waals surface area contributed by atoms with Gasteiger partial charge in [-0.3, -0.25) is 10.1 Å². The highest BCUT2D eigenvalue weighted by atomic mass is 16.6. The average molecular weight is 278 g/mol. The molecule has 20 heavy (non-hydrogen) atoms. The minimum absolute atomic E-state index is 0.110. The second kappa shape index (κ2) is 6.70. The Bertz CT molecular complexity index is 476. The van der Waals surface area contributed by atoms with E-state index >= 15 is 0 Å². The van der Waals surface area contributed by atoms with Crippen LogP contribution in [-0.4, -0.2) is 18.1 Å². The molecule has 1 aliphatic rings. The number of benzene rings is 1. The third kappa shape index (κ3) is 3.48. The highest BCUT2D eigenvalue weighted by Gasteiger charge is 2.21. The van der Waals surface area contributed by atoms with Crippen molar-refractivity contribution in [3.8, 4) is 5.75 Å². The standard InChI is InChI=1S/C15H22N2O3/c1-11-5-3-4-6-14(11)16-10-12-9-13(17(18)19)7-8-15(12)20-2/h7-9,11,14,16H,3-6,10H2,1-2H3/t11-,14-/m0/s1. The van der Waals surface area contributed by atoms with Crippen molar-refractivity contribution >= 4 is 5.69 Å². The van der Waals surface area contributed by atoms with E-state index in [1.54, 1.807) is 19.2 Å². The fraction of sp³-hybridized carbons (Fsp3) is 0.600. The van der Waals surface area contributed by atoms with Gasteiger partial charge >= 0.3 is 0 Å². The zero-order chi connectivity index (χ0) is 14.5. The smallest absolute Gasteiger partial charge is 0.270 e. The largest absolute Gasteiger partial charge is 0.496 e. The first-order valence-corrected chi connectivity index (χ1v) is 7.16. The van der Waals surface area contributed by atoms with Crippen molar-refractivity contribution < 1.29 is 9.66 Å². The Morgan fingerprint density at radius 1 is 1.40 bits per heavy atom. The number of nitro groups is 1. The Morgan fingerprint density at radius 3 is 2.80 bits per heavy atom. The second-order valence-electron chi connectivity index (χ2n) is 5.50. The van der Waals surface area contributed by atoms with Crippen LogP contribution in [0, 0.1) is 16.0 Å². The Balaban J connectivity index is 2.07. The molecule has 110 valence electrons. The van der Waals surface area contributed by atoms with Crippen molar-refractivity contribution in [3.05, 3.63) is 33.9 Å². The van der Waals surface area contributed by atoms with E-state index in [2.05, 4.69) is 12.2 Å². The monoisotopic (exact) mass is 278 g/mol. The molecule has 0 saturated heterocycles. The molecule has 1 aromatic carbocycles. The average Bonchev–Trinajstić information content (AvgIpc) is 2.46. The third-order valence-corrected chi connectivity index (χ3v) is 4.14. The van der Waals surface area contributed by atoms with Crippen LogP contribution in [0.5, 0.6) is 5.75 Å². The van der Waals surface area contributed by atoms with E-state index in [1.807, 2.05) is 0 Å². The quantitative estimate of drug-likeness (QED) is 0.663. The van der Waals surface area contributed by atoms with Gasteiger partial charge in [-0.2, -0.15) is 0 Å². The molecule has 2 atom stereocenters. The summed E-state index contributed by atoms with van der Waals surface area (Å²) in [5.74, 6) is 1.36. The number of nitrogens with zero attached hydrogens (tertiary/aromatic N) is 1. The van der Waals surface area contributed by atoms with Gasteiger partial charge in [0.25, 0.3) is 5.69 Å². The van der Waals surface area contributed by atoms with Gasteiger partial charge in [0.2, 0.25) is 0 Å². The second-order valence-corrected chi connectivity index (χ2v) is 5.50. The summed E-state index contributed by atoms with van der Waals surface area (Å²) >= 11 is 0. The molecule has 1 N–H and O–H groups in total. The van der Waals surface area contributed by atoms with Gasteiger partial charge in [0.05, 0.1) is 12.0 Å². The van der Waals surface area contributed by atoms with Crippen LogP contribution in [-0.2, 0) is 6.54 Å². The van der Waals surface area contributed by atoms with E-state index in [0.717, 1.165) is 5.56 Å². The van der Waals surface area contributed by atoms with E-state index in [9.17, 15) is 10.1 Å². The van der Waals surface area contributed by atoms with E-state index in [-0.39, 0.29) is 10.6 Å². The highest BCUT2D eigenvalue weighted by molar-refractivity contribution is 5.43. The van der Waals surface area contributed by atoms with Crippen LogP contribution in [0.4, 0.5) is 5.69 Å². The first kappa shape index (κ1) is 14.8. The molecule has 0 aromatic heterocycles. The van der Waals surface area contributed by atoms with E-state index in [4.69, 9.17) is 4.74 Å². The molecule has 0 amide bonds. The minimum atomic E-state index is -0.369. The van der Waals surface area contributed by atoms with Gasteiger partial charge in [-0.1, -0.05) is 19.8 Å². The molecule has 1 fully saturated rings. The van der Waals surface area contributed by atoms with Crippen molar-refractivity contribution in [2.45, 2.75) is 45.2 Å². The van der Waals surface area contributed by atoms with E-state index in [1.165, 1.54) is 31.7 Å². The highest BCUT2D eigenvalue weighted by Crippen LogP contribution is 2.27. The Morgan fingerprint density at radius 2 is 2.15 bits per heavy atom. The molecular formula is C15H22N2O3. The lowest BCUT2D eigenvalue weighted by molar-refractivity contribution is -0.384. The molecule has 1 aromatic rings. The summed E-state index contributed by atoms with van der Waals surface area (Å²) in [7, 11) is 1.59. The fourth-order valence-electron chi connectivity index (χ4n) is 2.88. The van der Waals surface area contributed by atoms with Crippen molar-refractivity contribution in [2.24, 2.45) is 5.92 Å².